The van der Waals surface area contributed by atoms with E-state index < -0.39 is 0 Å². The quantitative estimate of drug-likeness (QED) is 0.313. The van der Waals surface area contributed by atoms with Gasteiger partial charge < -0.3 is 0 Å². The molecule has 0 saturated carbocycles. The van der Waals surface area contributed by atoms with Crippen molar-refractivity contribution in [3.8, 4) is 0 Å². The normalized spacial score (nSPS) is 13.6. The van der Waals surface area contributed by atoms with Gasteiger partial charge >= 0.3 is 0 Å². The second kappa shape index (κ2) is 9.05. The minimum Gasteiger partial charge on any atom is -0.251 e. The van der Waals surface area contributed by atoms with Gasteiger partial charge in [0.05, 0.1) is 22.8 Å². The lowest BCUT2D eigenvalue weighted by Gasteiger charge is -2.16. The maximum absolute atomic E-state index is 5.05. The molecular formula is C23H29N2P. The molecule has 0 heterocycles. The first-order chi connectivity index (χ1) is 12.3. The fourth-order valence-corrected chi connectivity index (χ4v) is 3.54. The lowest BCUT2D eigenvalue weighted by Crippen LogP contribution is -2.21. The van der Waals surface area contributed by atoms with Gasteiger partial charge in [0.25, 0.3) is 0 Å². The number of nitrogens with zero attached hydrogens (tertiary/aromatic N) is 2. The average molecular weight is 364 g/mol. The third kappa shape index (κ3) is 4.77. The van der Waals surface area contributed by atoms with Crippen molar-refractivity contribution in [1.29, 1.82) is 0 Å². The van der Waals surface area contributed by atoms with Gasteiger partial charge in [-0.25, -0.2) is 0 Å². The minimum absolute atomic E-state index is 0.180. The molecule has 0 N–H and O–H groups in total. The molecule has 0 radical (unpaired) electrons. The van der Waals surface area contributed by atoms with Gasteiger partial charge in [0.2, 0.25) is 0 Å². The second-order valence-electron chi connectivity index (χ2n) is 6.81. The summed E-state index contributed by atoms with van der Waals surface area (Å²) in [5, 5.41) is 0. The van der Waals surface area contributed by atoms with E-state index in [0.717, 1.165) is 29.2 Å². The highest BCUT2D eigenvalue weighted by atomic mass is 31.0. The van der Waals surface area contributed by atoms with E-state index in [1.807, 2.05) is 6.08 Å². The summed E-state index contributed by atoms with van der Waals surface area (Å²) < 4.78 is 0. The Morgan fingerprint density at radius 3 is 1.77 bits per heavy atom. The zero-order valence-electron chi connectivity index (χ0n) is 16.5. The van der Waals surface area contributed by atoms with Gasteiger partial charge in [0.15, 0.2) is 0 Å². The van der Waals surface area contributed by atoms with E-state index >= 15 is 0 Å². The minimum atomic E-state index is 0.180. The molecule has 26 heavy (non-hydrogen) atoms. The molecule has 0 bridgehead atoms. The van der Waals surface area contributed by atoms with Gasteiger partial charge in [-0.3, -0.25) is 9.98 Å². The summed E-state index contributed by atoms with van der Waals surface area (Å²) in [6, 6.07) is 12.6. The van der Waals surface area contributed by atoms with Crippen molar-refractivity contribution in [3.05, 3.63) is 71.3 Å². The molecule has 0 aliphatic rings. The maximum Gasteiger partial charge on any atom is 0.0694 e. The van der Waals surface area contributed by atoms with Crippen LogP contribution in [0.4, 0.5) is 11.4 Å². The van der Waals surface area contributed by atoms with Crippen molar-refractivity contribution in [2.24, 2.45) is 9.98 Å². The van der Waals surface area contributed by atoms with Crippen molar-refractivity contribution in [1.82, 2.24) is 0 Å². The monoisotopic (exact) mass is 364 g/mol. The summed E-state index contributed by atoms with van der Waals surface area (Å²) in [4.78, 5) is 10.0. The van der Waals surface area contributed by atoms with E-state index in [4.69, 9.17) is 9.98 Å². The van der Waals surface area contributed by atoms with Crippen LogP contribution >= 0.6 is 9.24 Å². The Hall–Kier alpha value is -2.05. The van der Waals surface area contributed by atoms with Crippen molar-refractivity contribution in [3.63, 3.8) is 0 Å². The van der Waals surface area contributed by atoms with E-state index in [0.29, 0.717) is 0 Å². The van der Waals surface area contributed by atoms with Crippen LogP contribution in [0.1, 0.15) is 35.6 Å². The van der Waals surface area contributed by atoms with Crippen molar-refractivity contribution in [2.75, 3.05) is 0 Å². The van der Waals surface area contributed by atoms with Crippen molar-refractivity contribution in [2.45, 2.75) is 46.7 Å². The van der Waals surface area contributed by atoms with E-state index in [9.17, 15) is 0 Å². The number of allylic oxidation sites excluding steroid dienone is 1. The molecule has 1 unspecified atom stereocenters. The van der Waals surface area contributed by atoms with E-state index in [2.05, 4.69) is 86.8 Å². The van der Waals surface area contributed by atoms with Crippen LogP contribution in [-0.4, -0.2) is 17.1 Å². The molecule has 0 spiro atoms. The van der Waals surface area contributed by atoms with Crippen LogP contribution in [-0.2, 0) is 0 Å². The predicted octanol–water partition coefficient (Wildman–Crippen LogP) is 6.61. The van der Waals surface area contributed by atoms with Gasteiger partial charge in [0, 0.05) is 5.66 Å². The smallest absolute Gasteiger partial charge is 0.0694 e. The Morgan fingerprint density at radius 2 is 1.35 bits per heavy atom. The van der Waals surface area contributed by atoms with Crippen LogP contribution in [0.2, 0.25) is 0 Å². The molecule has 136 valence electrons. The van der Waals surface area contributed by atoms with Gasteiger partial charge in [-0.15, -0.1) is 15.8 Å². The van der Waals surface area contributed by atoms with Crippen LogP contribution in [0, 0.1) is 27.7 Å². The molecule has 2 rings (SSSR count). The number of benzene rings is 2. The van der Waals surface area contributed by atoms with Gasteiger partial charge in [-0.2, -0.15) is 0 Å². The summed E-state index contributed by atoms with van der Waals surface area (Å²) in [7, 11) is 2.90. The molecular weight excluding hydrogens is 335 g/mol. The molecule has 0 aliphatic heterocycles. The highest BCUT2D eigenvalue weighted by Gasteiger charge is 2.15. The fraction of sp³-hybridized carbons (Fsp3) is 0.304. The topological polar surface area (TPSA) is 24.7 Å². The molecule has 0 aromatic heterocycles. The summed E-state index contributed by atoms with van der Waals surface area (Å²) in [6.07, 6.45) is 2.78. The summed E-state index contributed by atoms with van der Waals surface area (Å²) >= 11 is 0. The Morgan fingerprint density at radius 1 is 0.923 bits per heavy atom. The number of rotatable bonds is 6. The number of hydrogen-bond donors (Lipinski definition) is 0. The first kappa shape index (κ1) is 20.3. The SMILES string of the molecule is C=CC[C@@H](P)C(=Nc1c(C)cccc1C)C(C)=Nc1c(C)cccc1C. The third-order valence-corrected chi connectivity index (χ3v) is 5.12. The molecule has 0 aliphatic carbocycles. The first-order valence-corrected chi connectivity index (χ1v) is 9.65. The van der Waals surface area contributed by atoms with Gasteiger partial charge in [-0.1, -0.05) is 42.5 Å². The van der Waals surface area contributed by atoms with Crippen LogP contribution in [0.15, 0.2) is 59.0 Å². The summed E-state index contributed by atoms with van der Waals surface area (Å²) in [6.45, 7) is 14.4. The number of aryl methyl sites for hydroxylation is 4. The van der Waals surface area contributed by atoms with Gasteiger partial charge in [-0.05, 0) is 63.3 Å². The Bertz CT molecular complexity index is 822. The summed E-state index contributed by atoms with van der Waals surface area (Å²) in [5.74, 6) is 0. The van der Waals surface area contributed by atoms with Crippen LogP contribution in [0.25, 0.3) is 0 Å². The largest absolute Gasteiger partial charge is 0.251 e. The molecule has 2 aromatic rings. The molecule has 2 aromatic carbocycles. The number of hydrogen-bond acceptors (Lipinski definition) is 2. The van der Waals surface area contributed by atoms with Crippen LogP contribution < -0.4 is 0 Å². The number of aliphatic imine (C=N–C) groups is 2. The third-order valence-electron chi connectivity index (χ3n) is 4.53. The lowest BCUT2D eigenvalue weighted by atomic mass is 10.1. The van der Waals surface area contributed by atoms with Gasteiger partial charge in [0.1, 0.15) is 0 Å². The maximum atomic E-state index is 5.05. The molecule has 2 nitrogen and oxygen atoms in total. The van der Waals surface area contributed by atoms with Crippen molar-refractivity contribution < 1.29 is 0 Å². The fourth-order valence-electron chi connectivity index (χ4n) is 3.03. The predicted molar refractivity (Wildman–Crippen MR) is 120 cm³/mol. The molecule has 3 heteroatoms. The number of para-hydroxylation sites is 2. The van der Waals surface area contributed by atoms with E-state index in [1.54, 1.807) is 0 Å². The van der Waals surface area contributed by atoms with Crippen LogP contribution in [0.5, 0.6) is 0 Å². The zero-order chi connectivity index (χ0) is 19.3. The standard InChI is InChI=1S/C23H29N2P/c1-7-10-20(26)23(25-22-17(4)13-9-14-18(22)5)19(6)24-21-15(2)11-8-12-16(21)3/h7-9,11-14,20H,1,10,26H2,2-6H3/t20-/m1/s1. The Labute approximate surface area is 160 Å². The van der Waals surface area contributed by atoms with Crippen LogP contribution in [0.3, 0.4) is 0 Å². The molecule has 0 amide bonds. The molecule has 0 fully saturated rings. The lowest BCUT2D eigenvalue weighted by molar-refractivity contribution is 1.12. The average Bonchev–Trinajstić information content (AvgIpc) is 2.58. The zero-order valence-corrected chi connectivity index (χ0v) is 17.7. The molecule has 2 atom stereocenters. The first-order valence-electron chi connectivity index (χ1n) is 8.98. The Balaban J connectivity index is 2.60. The summed E-state index contributed by atoms with van der Waals surface area (Å²) in [5.41, 5.74) is 8.92. The van der Waals surface area contributed by atoms with E-state index in [-0.39, 0.29) is 5.66 Å². The second-order valence-corrected chi connectivity index (χ2v) is 7.61. The van der Waals surface area contributed by atoms with E-state index in [1.165, 1.54) is 22.3 Å². The Kier molecular flexibility index (Phi) is 7.06. The highest BCUT2D eigenvalue weighted by Crippen LogP contribution is 2.27. The van der Waals surface area contributed by atoms with Crippen molar-refractivity contribution >= 4 is 32.0 Å². The highest BCUT2D eigenvalue weighted by molar-refractivity contribution is 7.20. The molecule has 0 saturated heterocycles.